The Morgan fingerprint density at radius 3 is 2.92 bits per heavy atom. The summed E-state index contributed by atoms with van der Waals surface area (Å²) < 4.78 is 1.15. The molecule has 1 rings (SSSR count). The van der Waals surface area contributed by atoms with E-state index >= 15 is 0 Å². The SMILES string of the molecule is Cc1cccc(NCCCN)c1Br. The fourth-order valence-corrected chi connectivity index (χ4v) is 1.51. The summed E-state index contributed by atoms with van der Waals surface area (Å²) in [5, 5.41) is 3.33. The maximum atomic E-state index is 5.41. The zero-order chi connectivity index (χ0) is 9.68. The van der Waals surface area contributed by atoms with E-state index in [2.05, 4.69) is 40.3 Å². The molecule has 72 valence electrons. The van der Waals surface area contributed by atoms with Crippen LogP contribution in [0.3, 0.4) is 0 Å². The smallest absolute Gasteiger partial charge is 0.0487 e. The zero-order valence-corrected chi connectivity index (χ0v) is 9.39. The zero-order valence-electron chi connectivity index (χ0n) is 7.81. The van der Waals surface area contributed by atoms with Crippen molar-refractivity contribution in [3.8, 4) is 0 Å². The number of hydrogen-bond donors (Lipinski definition) is 2. The molecule has 13 heavy (non-hydrogen) atoms. The minimum Gasteiger partial charge on any atom is -0.384 e. The fraction of sp³-hybridized carbons (Fsp3) is 0.400. The van der Waals surface area contributed by atoms with Gasteiger partial charge in [0.1, 0.15) is 0 Å². The summed E-state index contributed by atoms with van der Waals surface area (Å²) in [6.07, 6.45) is 1.00. The number of hydrogen-bond acceptors (Lipinski definition) is 2. The highest BCUT2D eigenvalue weighted by Crippen LogP contribution is 2.25. The first-order valence-corrected chi connectivity index (χ1v) is 5.24. The van der Waals surface area contributed by atoms with Gasteiger partial charge in [0.05, 0.1) is 0 Å². The molecule has 0 radical (unpaired) electrons. The van der Waals surface area contributed by atoms with Crippen LogP contribution in [-0.4, -0.2) is 13.1 Å². The topological polar surface area (TPSA) is 38.0 Å². The summed E-state index contributed by atoms with van der Waals surface area (Å²) in [7, 11) is 0. The van der Waals surface area contributed by atoms with Crippen LogP contribution in [0.2, 0.25) is 0 Å². The van der Waals surface area contributed by atoms with E-state index in [1.165, 1.54) is 5.56 Å². The van der Waals surface area contributed by atoms with Crippen LogP contribution in [-0.2, 0) is 0 Å². The van der Waals surface area contributed by atoms with Gasteiger partial charge in [-0.05, 0) is 47.4 Å². The first-order chi connectivity index (χ1) is 6.25. The van der Waals surface area contributed by atoms with E-state index in [1.54, 1.807) is 0 Å². The van der Waals surface area contributed by atoms with Gasteiger partial charge in [-0.1, -0.05) is 12.1 Å². The Morgan fingerprint density at radius 1 is 1.46 bits per heavy atom. The van der Waals surface area contributed by atoms with Gasteiger partial charge >= 0.3 is 0 Å². The second-order valence-electron chi connectivity index (χ2n) is 3.01. The maximum Gasteiger partial charge on any atom is 0.0487 e. The lowest BCUT2D eigenvalue weighted by Gasteiger charge is -2.09. The monoisotopic (exact) mass is 242 g/mol. The first-order valence-electron chi connectivity index (χ1n) is 4.44. The highest BCUT2D eigenvalue weighted by Gasteiger charge is 1.99. The molecule has 0 atom stereocenters. The molecule has 0 bridgehead atoms. The normalized spacial score (nSPS) is 10.1. The van der Waals surface area contributed by atoms with E-state index in [0.717, 1.165) is 29.7 Å². The van der Waals surface area contributed by atoms with E-state index in [-0.39, 0.29) is 0 Å². The second kappa shape index (κ2) is 5.25. The molecule has 0 unspecified atom stereocenters. The van der Waals surface area contributed by atoms with Crippen LogP contribution >= 0.6 is 15.9 Å². The Hall–Kier alpha value is -0.540. The van der Waals surface area contributed by atoms with Gasteiger partial charge in [-0.3, -0.25) is 0 Å². The summed E-state index contributed by atoms with van der Waals surface area (Å²) in [4.78, 5) is 0. The summed E-state index contributed by atoms with van der Waals surface area (Å²) in [6, 6.07) is 6.19. The number of rotatable bonds is 4. The number of nitrogens with two attached hydrogens (primary N) is 1. The molecule has 0 spiro atoms. The predicted molar refractivity (Wildman–Crippen MR) is 61.0 cm³/mol. The lowest BCUT2D eigenvalue weighted by atomic mass is 10.2. The number of aryl methyl sites for hydroxylation is 1. The Bertz CT molecular complexity index is 274. The van der Waals surface area contributed by atoms with Crippen molar-refractivity contribution in [2.45, 2.75) is 13.3 Å². The maximum absolute atomic E-state index is 5.41. The number of anilines is 1. The quantitative estimate of drug-likeness (QED) is 0.797. The van der Waals surface area contributed by atoms with Crippen molar-refractivity contribution in [2.24, 2.45) is 5.73 Å². The van der Waals surface area contributed by atoms with E-state index in [1.807, 2.05) is 6.07 Å². The lowest BCUT2D eigenvalue weighted by molar-refractivity contribution is 0.874. The summed E-state index contributed by atoms with van der Waals surface area (Å²) >= 11 is 3.54. The van der Waals surface area contributed by atoms with Gasteiger partial charge in [-0.25, -0.2) is 0 Å². The van der Waals surface area contributed by atoms with Crippen LogP contribution in [0.1, 0.15) is 12.0 Å². The molecular weight excluding hydrogens is 228 g/mol. The summed E-state index contributed by atoms with van der Waals surface area (Å²) in [5.41, 5.74) is 7.80. The first kappa shape index (κ1) is 10.5. The molecule has 2 nitrogen and oxygen atoms in total. The molecule has 0 aliphatic rings. The van der Waals surface area contributed by atoms with Crippen molar-refractivity contribution >= 4 is 21.6 Å². The molecule has 3 heteroatoms. The van der Waals surface area contributed by atoms with Gasteiger partial charge in [0.25, 0.3) is 0 Å². The third-order valence-corrected chi connectivity index (χ3v) is 2.94. The van der Waals surface area contributed by atoms with E-state index in [0.29, 0.717) is 0 Å². The highest BCUT2D eigenvalue weighted by molar-refractivity contribution is 9.10. The van der Waals surface area contributed by atoms with Gasteiger partial charge < -0.3 is 11.1 Å². The van der Waals surface area contributed by atoms with Crippen molar-refractivity contribution in [3.63, 3.8) is 0 Å². The number of nitrogens with one attached hydrogen (secondary N) is 1. The molecule has 3 N–H and O–H groups in total. The predicted octanol–water partition coefficient (Wildman–Crippen LogP) is 2.52. The van der Waals surface area contributed by atoms with Crippen molar-refractivity contribution in [1.82, 2.24) is 0 Å². The Kier molecular flexibility index (Phi) is 4.25. The van der Waals surface area contributed by atoms with Crippen molar-refractivity contribution in [3.05, 3.63) is 28.2 Å². The van der Waals surface area contributed by atoms with E-state index in [4.69, 9.17) is 5.73 Å². The van der Waals surface area contributed by atoms with Gasteiger partial charge in [-0.15, -0.1) is 0 Å². The second-order valence-corrected chi connectivity index (χ2v) is 3.80. The van der Waals surface area contributed by atoms with Crippen LogP contribution in [0.25, 0.3) is 0 Å². The summed E-state index contributed by atoms with van der Waals surface area (Å²) in [6.45, 7) is 3.74. The molecular formula is C10H15BrN2. The number of halogens is 1. The Labute approximate surface area is 87.6 Å². The lowest BCUT2D eigenvalue weighted by Crippen LogP contribution is -2.08. The van der Waals surface area contributed by atoms with E-state index < -0.39 is 0 Å². The molecule has 0 saturated carbocycles. The molecule has 0 heterocycles. The average molecular weight is 243 g/mol. The molecule has 1 aromatic rings. The van der Waals surface area contributed by atoms with Crippen molar-refractivity contribution < 1.29 is 0 Å². The van der Waals surface area contributed by atoms with Gasteiger partial charge in [0.2, 0.25) is 0 Å². The number of benzene rings is 1. The van der Waals surface area contributed by atoms with Crippen molar-refractivity contribution in [1.29, 1.82) is 0 Å². The average Bonchev–Trinajstić information content (AvgIpc) is 2.13. The van der Waals surface area contributed by atoms with Gasteiger partial charge in [0, 0.05) is 16.7 Å². The van der Waals surface area contributed by atoms with Gasteiger partial charge in [-0.2, -0.15) is 0 Å². The molecule has 0 aliphatic heterocycles. The van der Waals surface area contributed by atoms with E-state index in [9.17, 15) is 0 Å². The van der Waals surface area contributed by atoms with Crippen LogP contribution in [0, 0.1) is 6.92 Å². The largest absolute Gasteiger partial charge is 0.384 e. The Morgan fingerprint density at radius 2 is 2.23 bits per heavy atom. The minimum absolute atomic E-state index is 0.733. The highest BCUT2D eigenvalue weighted by atomic mass is 79.9. The van der Waals surface area contributed by atoms with Crippen molar-refractivity contribution in [2.75, 3.05) is 18.4 Å². The third kappa shape index (κ3) is 3.01. The molecule has 0 aromatic heterocycles. The molecule has 0 amide bonds. The standard InChI is InChI=1S/C10H15BrN2/c1-8-4-2-5-9(10(8)11)13-7-3-6-12/h2,4-5,13H,3,6-7,12H2,1H3. The summed E-state index contributed by atoms with van der Waals surface area (Å²) in [5.74, 6) is 0. The molecule has 1 aromatic carbocycles. The van der Waals surface area contributed by atoms with Gasteiger partial charge in [0.15, 0.2) is 0 Å². The fourth-order valence-electron chi connectivity index (χ4n) is 1.11. The van der Waals surface area contributed by atoms with Crippen LogP contribution in [0.5, 0.6) is 0 Å². The molecule has 0 aliphatic carbocycles. The van der Waals surface area contributed by atoms with Crippen LogP contribution < -0.4 is 11.1 Å². The molecule has 0 saturated heterocycles. The van der Waals surface area contributed by atoms with Crippen LogP contribution in [0.4, 0.5) is 5.69 Å². The minimum atomic E-state index is 0.733. The Balaban J connectivity index is 2.61. The third-order valence-electron chi connectivity index (χ3n) is 1.89. The molecule has 0 fully saturated rings. The van der Waals surface area contributed by atoms with Crippen LogP contribution in [0.15, 0.2) is 22.7 Å².